The molecule has 0 bridgehead atoms. The Morgan fingerprint density at radius 2 is 1.89 bits per heavy atom. The van der Waals surface area contributed by atoms with Crippen molar-refractivity contribution >= 4 is 17.4 Å². The van der Waals surface area contributed by atoms with E-state index >= 15 is 0 Å². The molecule has 0 saturated heterocycles. The Hall–Kier alpha value is -2.81. The number of aliphatic imine (C=N–C) groups is 1. The molecular weight excluding hydrogens is 430 g/mol. The summed E-state index contributed by atoms with van der Waals surface area (Å²) in [7, 11) is 0. The van der Waals surface area contributed by atoms with E-state index < -0.39 is 0 Å². The van der Waals surface area contributed by atoms with Crippen LogP contribution in [0.4, 0.5) is 0 Å². The second-order valence-electron chi connectivity index (χ2n) is 11.3. The number of ketones is 1. The molecule has 0 spiro atoms. The first kappa shape index (κ1) is 25.3. The molecule has 0 N–H and O–H groups in total. The Labute approximate surface area is 210 Å². The summed E-state index contributed by atoms with van der Waals surface area (Å²) in [6.07, 6.45) is 12.3. The zero-order valence-electron chi connectivity index (χ0n) is 22.1. The monoisotopic (exact) mass is 469 g/mol. The number of hydrogen-bond donors (Lipinski definition) is 0. The van der Waals surface area contributed by atoms with Crippen molar-refractivity contribution in [2.45, 2.75) is 67.2 Å². The number of amides is 1. The Morgan fingerprint density at radius 1 is 1.17 bits per heavy atom. The lowest BCUT2D eigenvalue weighted by molar-refractivity contribution is -0.127. The van der Waals surface area contributed by atoms with Gasteiger partial charge in [0, 0.05) is 24.0 Å². The van der Waals surface area contributed by atoms with Crippen LogP contribution in [0, 0.1) is 29.1 Å². The van der Waals surface area contributed by atoms with Gasteiger partial charge in [0.15, 0.2) is 5.78 Å². The lowest BCUT2D eigenvalue weighted by Gasteiger charge is -2.52. The normalized spacial score (nSPS) is 31.5. The number of allylic oxidation sites excluding steroid dienone is 7. The van der Waals surface area contributed by atoms with Gasteiger partial charge in [0.25, 0.3) is 5.91 Å². The first-order valence-corrected chi connectivity index (χ1v) is 13.0. The molecule has 1 aromatic carbocycles. The van der Waals surface area contributed by atoms with Crippen molar-refractivity contribution in [1.82, 2.24) is 0 Å². The molecule has 3 heteroatoms. The van der Waals surface area contributed by atoms with E-state index in [1.807, 2.05) is 37.3 Å². The van der Waals surface area contributed by atoms with Crippen molar-refractivity contribution in [2.75, 3.05) is 0 Å². The Kier molecular flexibility index (Phi) is 7.26. The fourth-order valence-electron chi connectivity index (χ4n) is 6.89. The van der Waals surface area contributed by atoms with Crippen LogP contribution in [0.5, 0.6) is 0 Å². The fraction of sp³-hybridized carbons (Fsp3) is 0.469. The molecule has 1 saturated carbocycles. The van der Waals surface area contributed by atoms with Gasteiger partial charge in [-0.15, -0.1) is 0 Å². The summed E-state index contributed by atoms with van der Waals surface area (Å²) in [5.41, 5.74) is 5.67. The van der Waals surface area contributed by atoms with Crippen LogP contribution in [0.2, 0.25) is 0 Å². The lowest BCUT2D eigenvalue weighted by atomic mass is 9.52. The second kappa shape index (κ2) is 10.0. The molecule has 1 aliphatic heterocycles. The van der Waals surface area contributed by atoms with Gasteiger partial charge in [-0.3, -0.25) is 9.59 Å². The third-order valence-electron chi connectivity index (χ3n) is 8.43. The van der Waals surface area contributed by atoms with Gasteiger partial charge in [0.1, 0.15) is 0 Å². The van der Waals surface area contributed by atoms with E-state index in [2.05, 4.69) is 57.8 Å². The SMILES string of the molecule is C/C=C(C)/C=C(\C)[C@@H]1C(C)=C[C@]2(C)C[C@H](C)CC[C@H]2[C@@H]1C(=O)C1=CC(Cc2ccccc2)=NC1=O. The van der Waals surface area contributed by atoms with Gasteiger partial charge in [0.05, 0.1) is 5.57 Å². The minimum Gasteiger partial charge on any atom is -0.294 e. The van der Waals surface area contributed by atoms with Crippen LogP contribution in [0.25, 0.3) is 0 Å². The standard InChI is InChI=1S/C32H39NO2/c1-7-20(2)15-22(4)28-23(5)19-32(6)18-21(3)13-14-27(32)29(28)30(34)26-17-25(33-31(26)35)16-24-11-9-8-10-12-24/h7-12,15,17,19,21,27-29H,13-14,16,18H2,1-6H3/b20-7+,22-15+/t21-,27+,28-,29+,32+/m1/s1. The Morgan fingerprint density at radius 3 is 2.57 bits per heavy atom. The summed E-state index contributed by atoms with van der Waals surface area (Å²) in [5.74, 6) is 0.249. The Balaban J connectivity index is 1.73. The third kappa shape index (κ3) is 5.10. The molecule has 2 aliphatic carbocycles. The van der Waals surface area contributed by atoms with Gasteiger partial charge in [-0.2, -0.15) is 0 Å². The van der Waals surface area contributed by atoms with Crippen molar-refractivity contribution in [3.8, 4) is 0 Å². The average molecular weight is 470 g/mol. The quantitative estimate of drug-likeness (QED) is 0.250. The lowest BCUT2D eigenvalue weighted by Crippen LogP contribution is -2.47. The number of nitrogens with zero attached hydrogens (tertiary/aromatic N) is 1. The zero-order chi connectivity index (χ0) is 25.3. The number of carbonyl (C=O) groups is 2. The van der Waals surface area contributed by atoms with Crippen LogP contribution in [0.3, 0.4) is 0 Å². The van der Waals surface area contributed by atoms with Gasteiger partial charge < -0.3 is 0 Å². The van der Waals surface area contributed by atoms with E-state index in [1.165, 1.54) is 16.7 Å². The van der Waals surface area contributed by atoms with Crippen molar-refractivity contribution < 1.29 is 9.59 Å². The molecule has 1 heterocycles. The summed E-state index contributed by atoms with van der Waals surface area (Å²) < 4.78 is 0. The molecular formula is C32H39NO2. The molecule has 3 aliphatic rings. The first-order chi connectivity index (χ1) is 16.6. The summed E-state index contributed by atoms with van der Waals surface area (Å²) in [6.45, 7) is 13.1. The van der Waals surface area contributed by atoms with E-state index in [0.29, 0.717) is 18.1 Å². The van der Waals surface area contributed by atoms with Crippen LogP contribution in [0.1, 0.15) is 66.4 Å². The number of hydrogen-bond acceptors (Lipinski definition) is 2. The van der Waals surface area contributed by atoms with E-state index in [9.17, 15) is 9.59 Å². The second-order valence-corrected chi connectivity index (χ2v) is 11.3. The third-order valence-corrected chi connectivity index (χ3v) is 8.43. The molecule has 1 amide bonds. The van der Waals surface area contributed by atoms with Gasteiger partial charge in [0.2, 0.25) is 0 Å². The molecule has 0 aromatic heterocycles. The molecule has 1 aromatic rings. The van der Waals surface area contributed by atoms with Crippen molar-refractivity contribution in [3.05, 3.63) is 82.5 Å². The largest absolute Gasteiger partial charge is 0.294 e. The summed E-state index contributed by atoms with van der Waals surface area (Å²) in [6, 6.07) is 9.99. The van der Waals surface area contributed by atoms with Crippen molar-refractivity contribution in [1.29, 1.82) is 0 Å². The Bertz CT molecular complexity index is 1160. The predicted octanol–water partition coefficient (Wildman–Crippen LogP) is 7.25. The minimum atomic E-state index is -0.371. The predicted molar refractivity (Wildman–Crippen MR) is 144 cm³/mol. The van der Waals surface area contributed by atoms with Gasteiger partial charge in [-0.25, -0.2) is 4.99 Å². The summed E-state index contributed by atoms with van der Waals surface area (Å²) >= 11 is 0. The van der Waals surface area contributed by atoms with Gasteiger partial charge in [-0.05, 0) is 69.4 Å². The highest BCUT2D eigenvalue weighted by atomic mass is 16.2. The number of fused-ring (bicyclic) bond motifs is 1. The van der Waals surface area contributed by atoms with E-state index in [0.717, 1.165) is 24.8 Å². The highest BCUT2D eigenvalue weighted by molar-refractivity contribution is 6.30. The molecule has 0 radical (unpaired) electrons. The average Bonchev–Trinajstić information content (AvgIpc) is 3.17. The zero-order valence-corrected chi connectivity index (χ0v) is 22.1. The van der Waals surface area contributed by atoms with E-state index in [1.54, 1.807) is 6.08 Å². The molecule has 4 rings (SSSR count). The van der Waals surface area contributed by atoms with Crippen LogP contribution >= 0.6 is 0 Å². The maximum absolute atomic E-state index is 14.3. The molecule has 1 fully saturated rings. The van der Waals surface area contributed by atoms with Gasteiger partial charge in [-0.1, -0.05) is 85.5 Å². The summed E-state index contributed by atoms with van der Waals surface area (Å²) in [5, 5.41) is 0. The maximum atomic E-state index is 14.3. The van der Waals surface area contributed by atoms with E-state index in [-0.39, 0.29) is 40.4 Å². The topological polar surface area (TPSA) is 46.5 Å². The van der Waals surface area contributed by atoms with Crippen LogP contribution < -0.4 is 0 Å². The highest BCUT2D eigenvalue weighted by Gasteiger charge is 2.51. The number of Topliss-reactive ketones (excluding diaryl/α,β-unsaturated/α-hetero) is 1. The number of carbonyl (C=O) groups excluding carboxylic acids is 2. The van der Waals surface area contributed by atoms with Crippen molar-refractivity contribution in [2.24, 2.45) is 34.1 Å². The maximum Gasteiger partial charge on any atom is 0.280 e. The van der Waals surface area contributed by atoms with Crippen LogP contribution in [-0.2, 0) is 16.0 Å². The summed E-state index contributed by atoms with van der Waals surface area (Å²) in [4.78, 5) is 31.6. The number of rotatable bonds is 6. The molecule has 5 atom stereocenters. The molecule has 3 nitrogen and oxygen atoms in total. The van der Waals surface area contributed by atoms with Crippen LogP contribution in [0.15, 0.2) is 81.9 Å². The smallest absolute Gasteiger partial charge is 0.280 e. The first-order valence-electron chi connectivity index (χ1n) is 13.0. The molecule has 35 heavy (non-hydrogen) atoms. The van der Waals surface area contributed by atoms with Crippen molar-refractivity contribution in [3.63, 3.8) is 0 Å². The number of benzene rings is 1. The highest BCUT2D eigenvalue weighted by Crippen LogP contribution is 2.56. The van der Waals surface area contributed by atoms with Crippen LogP contribution in [-0.4, -0.2) is 17.4 Å². The van der Waals surface area contributed by atoms with E-state index in [4.69, 9.17) is 0 Å². The fourth-order valence-corrected chi connectivity index (χ4v) is 6.89. The van der Waals surface area contributed by atoms with Gasteiger partial charge >= 0.3 is 0 Å². The molecule has 0 unspecified atom stereocenters. The minimum absolute atomic E-state index is 0.00996. The molecule has 184 valence electrons.